The van der Waals surface area contributed by atoms with Gasteiger partial charge in [-0.25, -0.2) is 0 Å². The molecule has 1 N–H and O–H groups in total. The third-order valence-electron chi connectivity index (χ3n) is 3.00. The smallest absolute Gasteiger partial charge is 0.0331 e. The minimum atomic E-state index is 0. The van der Waals surface area contributed by atoms with Crippen molar-refractivity contribution >= 4 is 23.7 Å². The van der Waals surface area contributed by atoms with Gasteiger partial charge in [0.2, 0.25) is 0 Å². The summed E-state index contributed by atoms with van der Waals surface area (Å²) in [5.74, 6) is 0. The van der Waals surface area contributed by atoms with Gasteiger partial charge < -0.3 is 5.32 Å². The molecule has 1 aliphatic rings. The maximum Gasteiger partial charge on any atom is 0.0331 e. The molecular formula is C12H21ClN2S. The quantitative estimate of drug-likeness (QED) is 0.876. The van der Waals surface area contributed by atoms with E-state index in [1.54, 1.807) is 0 Å². The molecule has 2 heterocycles. The van der Waals surface area contributed by atoms with E-state index in [-0.39, 0.29) is 12.4 Å². The minimum absolute atomic E-state index is 0. The Kier molecular flexibility index (Phi) is 6.36. The van der Waals surface area contributed by atoms with Crippen molar-refractivity contribution in [1.82, 2.24) is 10.2 Å². The topological polar surface area (TPSA) is 15.3 Å². The average molecular weight is 261 g/mol. The number of halogens is 1. The predicted octanol–water partition coefficient (Wildman–Crippen LogP) is 2.74. The number of nitrogens with one attached hydrogen (secondary N) is 1. The molecule has 1 aliphatic heterocycles. The highest BCUT2D eigenvalue weighted by Crippen LogP contribution is 2.17. The van der Waals surface area contributed by atoms with Crippen LogP contribution in [-0.4, -0.2) is 30.6 Å². The van der Waals surface area contributed by atoms with Gasteiger partial charge in [-0.3, -0.25) is 4.90 Å². The van der Waals surface area contributed by atoms with Gasteiger partial charge in [0.05, 0.1) is 0 Å². The van der Waals surface area contributed by atoms with Gasteiger partial charge in [-0.15, -0.1) is 23.7 Å². The summed E-state index contributed by atoms with van der Waals surface area (Å²) in [6.07, 6.45) is 2.56. The first kappa shape index (κ1) is 14.0. The summed E-state index contributed by atoms with van der Waals surface area (Å²) in [5, 5.41) is 5.63. The third kappa shape index (κ3) is 3.74. The molecule has 0 radical (unpaired) electrons. The third-order valence-corrected chi connectivity index (χ3v) is 3.86. The van der Waals surface area contributed by atoms with Crippen LogP contribution in [0.3, 0.4) is 0 Å². The molecule has 1 atom stereocenters. The molecule has 16 heavy (non-hydrogen) atoms. The van der Waals surface area contributed by atoms with Gasteiger partial charge >= 0.3 is 0 Å². The Morgan fingerprint density at radius 2 is 2.44 bits per heavy atom. The second kappa shape index (κ2) is 7.28. The van der Waals surface area contributed by atoms with E-state index in [1.165, 1.54) is 37.4 Å². The Morgan fingerprint density at radius 3 is 3.00 bits per heavy atom. The van der Waals surface area contributed by atoms with E-state index >= 15 is 0 Å². The van der Waals surface area contributed by atoms with Crippen LogP contribution in [0.5, 0.6) is 0 Å². The highest BCUT2D eigenvalue weighted by Gasteiger charge is 2.21. The van der Waals surface area contributed by atoms with E-state index in [4.69, 9.17) is 0 Å². The van der Waals surface area contributed by atoms with Crippen LogP contribution in [0.2, 0.25) is 0 Å². The summed E-state index contributed by atoms with van der Waals surface area (Å²) >= 11 is 1.87. The van der Waals surface area contributed by atoms with Crippen molar-refractivity contribution in [3.8, 4) is 0 Å². The van der Waals surface area contributed by atoms with Crippen molar-refractivity contribution < 1.29 is 0 Å². The van der Waals surface area contributed by atoms with Crippen LogP contribution in [0, 0.1) is 0 Å². The van der Waals surface area contributed by atoms with Crippen molar-refractivity contribution in [1.29, 1.82) is 0 Å². The van der Waals surface area contributed by atoms with Gasteiger partial charge in [-0.1, -0.05) is 13.0 Å². The van der Waals surface area contributed by atoms with E-state index in [1.807, 2.05) is 11.3 Å². The summed E-state index contributed by atoms with van der Waals surface area (Å²) in [7, 11) is 0. The molecular weight excluding hydrogens is 240 g/mol. The van der Waals surface area contributed by atoms with Crippen LogP contribution in [0.4, 0.5) is 0 Å². The highest BCUT2D eigenvalue weighted by atomic mass is 35.5. The fourth-order valence-electron chi connectivity index (χ4n) is 2.23. The van der Waals surface area contributed by atoms with Crippen LogP contribution >= 0.6 is 23.7 Å². The Morgan fingerprint density at radius 1 is 1.56 bits per heavy atom. The summed E-state index contributed by atoms with van der Waals surface area (Å²) < 4.78 is 0. The average Bonchev–Trinajstić information content (AvgIpc) is 2.89. The zero-order valence-electron chi connectivity index (χ0n) is 9.82. The zero-order chi connectivity index (χ0) is 10.5. The number of nitrogens with zero attached hydrogens (tertiary/aromatic N) is 1. The molecule has 1 aromatic rings. The van der Waals surface area contributed by atoms with Gasteiger partial charge in [0.1, 0.15) is 0 Å². The highest BCUT2D eigenvalue weighted by molar-refractivity contribution is 7.09. The largest absolute Gasteiger partial charge is 0.315 e. The molecule has 1 unspecified atom stereocenters. The maximum atomic E-state index is 3.45. The SMILES string of the molecule is CCCN(Cc1cccs1)C1CCNC1.Cl. The van der Waals surface area contributed by atoms with Crippen LogP contribution in [0.15, 0.2) is 17.5 Å². The number of rotatable bonds is 5. The van der Waals surface area contributed by atoms with Crippen LogP contribution in [0.25, 0.3) is 0 Å². The van der Waals surface area contributed by atoms with Crippen molar-refractivity contribution in [2.24, 2.45) is 0 Å². The lowest BCUT2D eigenvalue weighted by atomic mass is 10.2. The maximum absolute atomic E-state index is 3.45. The normalized spacial score (nSPS) is 20.0. The lowest BCUT2D eigenvalue weighted by Crippen LogP contribution is -2.36. The van der Waals surface area contributed by atoms with Crippen molar-refractivity contribution in [3.05, 3.63) is 22.4 Å². The zero-order valence-corrected chi connectivity index (χ0v) is 11.4. The minimum Gasteiger partial charge on any atom is -0.315 e. The fraction of sp³-hybridized carbons (Fsp3) is 0.667. The van der Waals surface area contributed by atoms with Crippen LogP contribution < -0.4 is 5.32 Å². The molecule has 0 saturated carbocycles. The molecule has 92 valence electrons. The Hall–Kier alpha value is -0.0900. The van der Waals surface area contributed by atoms with E-state index < -0.39 is 0 Å². The molecule has 4 heteroatoms. The number of thiophene rings is 1. The molecule has 0 amide bonds. The Labute approximate surface area is 108 Å². The first-order valence-corrected chi connectivity index (χ1v) is 6.75. The summed E-state index contributed by atoms with van der Waals surface area (Å²) in [5.41, 5.74) is 0. The molecule has 0 spiro atoms. The monoisotopic (exact) mass is 260 g/mol. The van der Waals surface area contributed by atoms with Crippen molar-refractivity contribution in [3.63, 3.8) is 0 Å². The molecule has 2 nitrogen and oxygen atoms in total. The summed E-state index contributed by atoms with van der Waals surface area (Å²) in [4.78, 5) is 4.13. The van der Waals surface area contributed by atoms with E-state index in [0.29, 0.717) is 0 Å². The fourth-order valence-corrected chi connectivity index (χ4v) is 2.96. The summed E-state index contributed by atoms with van der Waals surface area (Å²) in [6.45, 7) is 6.99. The molecule has 0 bridgehead atoms. The Bertz CT molecular complexity index is 271. The van der Waals surface area contributed by atoms with Crippen LogP contribution in [0.1, 0.15) is 24.6 Å². The van der Waals surface area contributed by atoms with Gasteiger partial charge in [-0.2, -0.15) is 0 Å². The molecule has 2 rings (SSSR count). The lowest BCUT2D eigenvalue weighted by Gasteiger charge is -2.27. The first-order chi connectivity index (χ1) is 7.40. The predicted molar refractivity (Wildman–Crippen MR) is 73.5 cm³/mol. The number of hydrogen-bond acceptors (Lipinski definition) is 3. The standard InChI is InChI=1S/C12H20N2S.ClH/c1-2-7-14(11-5-6-13-9-11)10-12-4-3-8-15-12;/h3-4,8,11,13H,2,5-7,9-10H2,1H3;1H. The van der Waals surface area contributed by atoms with E-state index in [0.717, 1.165) is 12.6 Å². The van der Waals surface area contributed by atoms with Gasteiger partial charge in [0.25, 0.3) is 0 Å². The molecule has 1 aromatic heterocycles. The molecule has 1 saturated heterocycles. The van der Waals surface area contributed by atoms with Crippen LogP contribution in [-0.2, 0) is 6.54 Å². The van der Waals surface area contributed by atoms with Gasteiger partial charge in [0.15, 0.2) is 0 Å². The Balaban J connectivity index is 0.00000128. The summed E-state index contributed by atoms with van der Waals surface area (Å²) in [6, 6.07) is 5.15. The molecule has 1 fully saturated rings. The van der Waals surface area contributed by atoms with E-state index in [9.17, 15) is 0 Å². The van der Waals surface area contributed by atoms with Crippen molar-refractivity contribution in [2.75, 3.05) is 19.6 Å². The molecule has 0 aromatic carbocycles. The van der Waals surface area contributed by atoms with Gasteiger partial charge in [-0.05, 0) is 37.4 Å². The first-order valence-electron chi connectivity index (χ1n) is 5.87. The second-order valence-electron chi connectivity index (χ2n) is 4.20. The molecule has 0 aliphatic carbocycles. The van der Waals surface area contributed by atoms with Crippen molar-refractivity contribution in [2.45, 2.75) is 32.4 Å². The van der Waals surface area contributed by atoms with E-state index in [2.05, 4.69) is 34.7 Å². The van der Waals surface area contributed by atoms with Gasteiger partial charge in [0, 0.05) is 24.0 Å². The lowest BCUT2D eigenvalue weighted by molar-refractivity contribution is 0.201. The number of hydrogen-bond donors (Lipinski definition) is 1. The second-order valence-corrected chi connectivity index (χ2v) is 5.23.